The van der Waals surface area contributed by atoms with E-state index in [9.17, 15) is 13.2 Å². The molecule has 0 aliphatic carbocycles. The van der Waals surface area contributed by atoms with E-state index in [0.717, 1.165) is 6.42 Å². The number of rotatable bonds is 5. The summed E-state index contributed by atoms with van der Waals surface area (Å²) in [6.07, 6.45) is 2.52. The second-order valence-electron chi connectivity index (χ2n) is 6.21. The van der Waals surface area contributed by atoms with Gasteiger partial charge < -0.3 is 10.2 Å². The zero-order valence-corrected chi connectivity index (χ0v) is 15.7. The van der Waals surface area contributed by atoms with Crippen LogP contribution >= 0.6 is 0 Å². The molecule has 8 nitrogen and oxygen atoms in total. The van der Waals surface area contributed by atoms with E-state index in [1.165, 1.54) is 11.0 Å². The molecule has 0 fully saturated rings. The molecule has 2 aromatic rings. The molecule has 0 saturated heterocycles. The van der Waals surface area contributed by atoms with Crippen molar-refractivity contribution in [1.82, 2.24) is 14.7 Å². The van der Waals surface area contributed by atoms with E-state index in [-0.39, 0.29) is 29.2 Å². The van der Waals surface area contributed by atoms with Gasteiger partial charge in [0.2, 0.25) is 5.91 Å². The van der Waals surface area contributed by atoms with Crippen molar-refractivity contribution >= 4 is 27.6 Å². The van der Waals surface area contributed by atoms with Gasteiger partial charge in [0.05, 0.1) is 18.8 Å². The Labute approximate surface area is 152 Å². The molecule has 0 radical (unpaired) electrons. The zero-order valence-electron chi connectivity index (χ0n) is 14.9. The molecule has 1 aromatic heterocycles. The number of carbonyl (C=O) groups is 1. The minimum Gasteiger partial charge on any atom is -0.349 e. The van der Waals surface area contributed by atoms with Crippen LogP contribution in [0.2, 0.25) is 0 Å². The van der Waals surface area contributed by atoms with Crippen molar-refractivity contribution < 1.29 is 13.2 Å². The van der Waals surface area contributed by atoms with Crippen LogP contribution in [0.3, 0.4) is 0 Å². The Bertz CT molecular complexity index is 964. The van der Waals surface area contributed by atoms with Gasteiger partial charge in [-0.2, -0.15) is 13.5 Å². The molecule has 9 heteroatoms. The van der Waals surface area contributed by atoms with Gasteiger partial charge in [-0.25, -0.2) is 4.68 Å². The zero-order chi connectivity index (χ0) is 18.9. The standard InChI is InChI=1S/C17H21N5O3S/c1-4-12(2)22-15(9-10-18-22)19-16(23)11-21(3)17-13-7-5-6-8-14(13)26(24,25)20-17/h5-10,12H,4,11H2,1-3H3,(H,19,23). The van der Waals surface area contributed by atoms with Crippen LogP contribution < -0.4 is 5.32 Å². The highest BCUT2D eigenvalue weighted by molar-refractivity contribution is 7.90. The Morgan fingerprint density at radius 1 is 1.31 bits per heavy atom. The van der Waals surface area contributed by atoms with Crippen molar-refractivity contribution in [1.29, 1.82) is 0 Å². The number of fused-ring (bicyclic) bond motifs is 1. The van der Waals surface area contributed by atoms with Crippen LogP contribution in [0, 0.1) is 0 Å². The number of hydrogen-bond donors (Lipinski definition) is 1. The predicted octanol–water partition coefficient (Wildman–Crippen LogP) is 1.87. The number of amidine groups is 1. The predicted molar refractivity (Wildman–Crippen MR) is 98.7 cm³/mol. The van der Waals surface area contributed by atoms with Gasteiger partial charge in [-0.3, -0.25) is 4.79 Å². The summed E-state index contributed by atoms with van der Waals surface area (Å²) in [6.45, 7) is 4.03. The van der Waals surface area contributed by atoms with E-state index in [1.54, 1.807) is 42.2 Å². The number of likely N-dealkylation sites (N-methyl/N-ethyl adjacent to an activating group) is 1. The Morgan fingerprint density at radius 3 is 2.77 bits per heavy atom. The number of amides is 1. The van der Waals surface area contributed by atoms with Crippen LogP contribution in [0.4, 0.5) is 5.82 Å². The van der Waals surface area contributed by atoms with Crippen LogP contribution in [0.5, 0.6) is 0 Å². The SMILES string of the molecule is CCC(C)n1nccc1NC(=O)CN(C)C1=NS(=O)(=O)c2ccccc21. The number of nitrogens with one attached hydrogen (secondary N) is 1. The first-order valence-corrected chi connectivity index (χ1v) is 9.76. The number of benzene rings is 1. The fraction of sp³-hybridized carbons (Fsp3) is 0.353. The first-order valence-electron chi connectivity index (χ1n) is 8.32. The highest BCUT2D eigenvalue weighted by Crippen LogP contribution is 2.26. The Morgan fingerprint density at radius 2 is 2.04 bits per heavy atom. The maximum atomic E-state index is 12.4. The average molecular weight is 375 g/mol. The summed E-state index contributed by atoms with van der Waals surface area (Å²) >= 11 is 0. The number of sulfonamides is 1. The highest BCUT2D eigenvalue weighted by Gasteiger charge is 2.31. The third kappa shape index (κ3) is 3.34. The van der Waals surface area contributed by atoms with Gasteiger partial charge in [0.1, 0.15) is 10.7 Å². The largest absolute Gasteiger partial charge is 0.349 e. The molecule has 1 amide bonds. The summed E-state index contributed by atoms with van der Waals surface area (Å²) in [5, 5.41) is 7.05. The molecular weight excluding hydrogens is 354 g/mol. The molecule has 2 heterocycles. The number of carbonyl (C=O) groups excluding carboxylic acids is 1. The molecule has 26 heavy (non-hydrogen) atoms. The summed E-state index contributed by atoms with van der Waals surface area (Å²) < 4.78 is 29.8. The smallest absolute Gasteiger partial charge is 0.285 e. The highest BCUT2D eigenvalue weighted by atomic mass is 32.2. The molecule has 3 rings (SSSR count). The van der Waals surface area contributed by atoms with Gasteiger partial charge in [0.25, 0.3) is 10.0 Å². The number of anilines is 1. The molecule has 1 aromatic carbocycles. The summed E-state index contributed by atoms with van der Waals surface area (Å²) in [4.78, 5) is 14.1. The molecule has 0 saturated carbocycles. The second kappa shape index (κ2) is 6.91. The molecule has 0 spiro atoms. The van der Waals surface area contributed by atoms with Crippen LogP contribution in [0.15, 0.2) is 45.8 Å². The monoisotopic (exact) mass is 375 g/mol. The summed E-state index contributed by atoms with van der Waals surface area (Å²) in [6, 6.07) is 8.49. The van der Waals surface area contributed by atoms with Crippen LogP contribution in [0.1, 0.15) is 31.9 Å². The molecule has 1 N–H and O–H groups in total. The second-order valence-corrected chi connectivity index (χ2v) is 7.78. The van der Waals surface area contributed by atoms with Gasteiger partial charge in [0, 0.05) is 18.7 Å². The Kier molecular flexibility index (Phi) is 4.82. The lowest BCUT2D eigenvalue weighted by molar-refractivity contribution is -0.116. The van der Waals surface area contributed by atoms with Crippen molar-refractivity contribution in [2.24, 2.45) is 4.40 Å². The topological polar surface area (TPSA) is 96.7 Å². The molecule has 138 valence electrons. The van der Waals surface area contributed by atoms with Crippen LogP contribution in [-0.2, 0) is 14.8 Å². The molecule has 1 aliphatic rings. The molecule has 1 aliphatic heterocycles. The van der Waals surface area contributed by atoms with Crippen LogP contribution in [0.25, 0.3) is 0 Å². The molecule has 1 atom stereocenters. The lowest BCUT2D eigenvalue weighted by atomic mass is 10.2. The van der Waals surface area contributed by atoms with Gasteiger partial charge in [0.15, 0.2) is 5.84 Å². The Balaban J connectivity index is 1.74. The fourth-order valence-corrected chi connectivity index (χ4v) is 4.03. The molecular formula is C17H21N5O3S. The maximum absolute atomic E-state index is 12.4. The Hall–Kier alpha value is -2.68. The summed E-state index contributed by atoms with van der Waals surface area (Å²) in [5.41, 5.74) is 0.507. The molecule has 1 unspecified atom stereocenters. The minimum absolute atomic E-state index is 0.0334. The van der Waals surface area contributed by atoms with E-state index < -0.39 is 10.0 Å². The third-order valence-electron chi connectivity index (χ3n) is 4.30. The average Bonchev–Trinajstić information content (AvgIpc) is 3.17. The van der Waals surface area contributed by atoms with Gasteiger partial charge in [-0.15, -0.1) is 4.40 Å². The van der Waals surface area contributed by atoms with Crippen LogP contribution in [-0.4, -0.2) is 48.4 Å². The van der Waals surface area contributed by atoms with Crippen molar-refractivity contribution in [3.63, 3.8) is 0 Å². The van der Waals surface area contributed by atoms with Gasteiger partial charge in [-0.1, -0.05) is 19.1 Å². The fourth-order valence-electron chi connectivity index (χ4n) is 2.77. The van der Waals surface area contributed by atoms with Crippen molar-refractivity contribution in [3.05, 3.63) is 42.1 Å². The van der Waals surface area contributed by atoms with E-state index >= 15 is 0 Å². The minimum atomic E-state index is -3.71. The normalized spacial score (nSPS) is 15.9. The lowest BCUT2D eigenvalue weighted by Crippen LogP contribution is -2.35. The maximum Gasteiger partial charge on any atom is 0.285 e. The lowest BCUT2D eigenvalue weighted by Gasteiger charge is -2.19. The van der Waals surface area contributed by atoms with Crippen molar-refractivity contribution in [2.75, 3.05) is 18.9 Å². The number of nitrogens with zero attached hydrogens (tertiary/aromatic N) is 4. The number of hydrogen-bond acceptors (Lipinski definition) is 5. The van der Waals surface area contributed by atoms with E-state index in [4.69, 9.17) is 0 Å². The number of aromatic nitrogens is 2. The molecule has 0 bridgehead atoms. The van der Waals surface area contributed by atoms with Gasteiger partial charge >= 0.3 is 0 Å². The summed E-state index contributed by atoms with van der Waals surface area (Å²) in [7, 11) is -2.07. The summed E-state index contributed by atoms with van der Waals surface area (Å²) in [5.74, 6) is 0.604. The van der Waals surface area contributed by atoms with E-state index in [2.05, 4.69) is 14.8 Å². The van der Waals surface area contributed by atoms with E-state index in [0.29, 0.717) is 11.4 Å². The van der Waals surface area contributed by atoms with Gasteiger partial charge in [-0.05, 0) is 25.5 Å². The van der Waals surface area contributed by atoms with E-state index in [1.807, 2.05) is 13.8 Å². The first kappa shape index (κ1) is 18.1. The van der Waals surface area contributed by atoms with Crippen molar-refractivity contribution in [3.8, 4) is 0 Å². The third-order valence-corrected chi connectivity index (χ3v) is 5.63. The van der Waals surface area contributed by atoms with Crippen molar-refractivity contribution in [2.45, 2.75) is 31.2 Å². The first-order chi connectivity index (χ1) is 12.3. The quantitative estimate of drug-likeness (QED) is 0.861.